The average molecular weight is 114 g/mol. The Balaban J connectivity index is 1.69. The summed E-state index contributed by atoms with van der Waals surface area (Å²) in [4.78, 5) is 0. The van der Waals surface area contributed by atoms with E-state index >= 15 is 0 Å². The van der Waals surface area contributed by atoms with Crippen LogP contribution in [0.4, 0.5) is 0 Å². The predicted molar refractivity (Wildman–Crippen MR) is 28.7 cm³/mol. The molecule has 0 radical (unpaired) electrons. The van der Waals surface area contributed by atoms with E-state index < -0.39 is 0 Å². The molecular weight excluding hydrogens is 104 g/mol. The van der Waals surface area contributed by atoms with Crippen molar-refractivity contribution in [3.05, 3.63) is 0 Å². The summed E-state index contributed by atoms with van der Waals surface area (Å²) in [5.41, 5.74) is 0. The maximum atomic E-state index is 5.19. The molecule has 0 saturated carbocycles. The van der Waals surface area contributed by atoms with Gasteiger partial charge >= 0.3 is 0 Å². The second-order valence-corrected chi connectivity index (χ2v) is 2.57. The molecule has 2 fully saturated rings. The fourth-order valence-electron chi connectivity index (χ4n) is 0.941. The molecule has 2 heteroatoms. The first kappa shape index (κ1) is 4.77. The zero-order valence-corrected chi connectivity index (χ0v) is 4.96. The van der Waals surface area contributed by atoms with E-state index in [-0.39, 0.29) is 0 Å². The highest BCUT2D eigenvalue weighted by Gasteiger charge is 2.39. The second-order valence-electron chi connectivity index (χ2n) is 2.57. The Labute approximate surface area is 48.8 Å². The quantitative estimate of drug-likeness (QED) is 0.490. The van der Waals surface area contributed by atoms with Crippen LogP contribution in [-0.2, 0) is 9.47 Å². The van der Waals surface area contributed by atoms with Crippen LogP contribution in [0.15, 0.2) is 0 Å². The first-order chi connectivity index (χ1) is 3.86. The van der Waals surface area contributed by atoms with Crippen LogP contribution in [0, 0.1) is 0 Å². The second kappa shape index (κ2) is 1.45. The summed E-state index contributed by atoms with van der Waals surface area (Å²) >= 11 is 0. The number of hydrogen-bond donors (Lipinski definition) is 0. The van der Waals surface area contributed by atoms with E-state index in [1.54, 1.807) is 0 Å². The van der Waals surface area contributed by atoms with Crippen molar-refractivity contribution in [2.75, 3.05) is 6.61 Å². The van der Waals surface area contributed by atoms with E-state index in [4.69, 9.17) is 9.47 Å². The minimum Gasteiger partial charge on any atom is -0.373 e. The highest BCUT2D eigenvalue weighted by atomic mass is 16.6. The molecule has 0 aliphatic carbocycles. The average Bonchev–Trinajstić information content (AvgIpc) is 2.52. The van der Waals surface area contributed by atoms with Gasteiger partial charge in [0.05, 0.1) is 24.9 Å². The van der Waals surface area contributed by atoms with Gasteiger partial charge in [0.15, 0.2) is 0 Å². The van der Waals surface area contributed by atoms with Gasteiger partial charge in [0.25, 0.3) is 0 Å². The number of epoxide rings is 2. The van der Waals surface area contributed by atoms with Gasteiger partial charge in [-0.05, 0) is 6.92 Å². The third kappa shape index (κ3) is 0.858. The summed E-state index contributed by atoms with van der Waals surface area (Å²) in [5.74, 6) is 0. The predicted octanol–water partition coefficient (Wildman–Crippen LogP) is 0.563. The topological polar surface area (TPSA) is 25.1 Å². The van der Waals surface area contributed by atoms with E-state index in [1.807, 2.05) is 0 Å². The van der Waals surface area contributed by atoms with Crippen LogP contribution in [0.2, 0.25) is 0 Å². The van der Waals surface area contributed by atoms with Crippen LogP contribution >= 0.6 is 0 Å². The van der Waals surface area contributed by atoms with Crippen LogP contribution in [0.3, 0.4) is 0 Å². The van der Waals surface area contributed by atoms with Gasteiger partial charge in [-0.15, -0.1) is 0 Å². The molecule has 0 N–H and O–H groups in total. The first-order valence-electron chi connectivity index (χ1n) is 3.13. The highest BCUT2D eigenvalue weighted by Crippen LogP contribution is 2.30. The van der Waals surface area contributed by atoms with Gasteiger partial charge < -0.3 is 9.47 Å². The molecule has 0 aromatic heterocycles. The Morgan fingerprint density at radius 2 is 2.25 bits per heavy atom. The maximum Gasteiger partial charge on any atom is 0.0864 e. The largest absolute Gasteiger partial charge is 0.373 e. The number of rotatable bonds is 2. The third-order valence-electron chi connectivity index (χ3n) is 1.73. The summed E-state index contributed by atoms with van der Waals surface area (Å²) in [7, 11) is 0. The van der Waals surface area contributed by atoms with E-state index in [9.17, 15) is 0 Å². The van der Waals surface area contributed by atoms with Gasteiger partial charge in [-0.3, -0.25) is 0 Å². The lowest BCUT2D eigenvalue weighted by atomic mass is 10.2. The van der Waals surface area contributed by atoms with Crippen LogP contribution in [0.1, 0.15) is 13.3 Å². The molecule has 0 aromatic rings. The number of ether oxygens (including phenoxy) is 2. The molecular formula is C6H10O2. The first-order valence-corrected chi connectivity index (χ1v) is 3.13. The molecule has 2 heterocycles. The summed E-state index contributed by atoms with van der Waals surface area (Å²) in [6.07, 6.45) is 2.72. The van der Waals surface area contributed by atoms with Gasteiger partial charge in [-0.1, -0.05) is 0 Å². The lowest BCUT2D eigenvalue weighted by Crippen LogP contribution is -1.94. The number of hydrogen-bond acceptors (Lipinski definition) is 2. The van der Waals surface area contributed by atoms with Crippen LogP contribution < -0.4 is 0 Å². The smallest absolute Gasteiger partial charge is 0.0864 e. The summed E-state index contributed by atoms with van der Waals surface area (Å²) in [5, 5.41) is 0. The fraction of sp³-hybridized carbons (Fsp3) is 1.00. The van der Waals surface area contributed by atoms with Crippen molar-refractivity contribution in [1.29, 1.82) is 0 Å². The Kier molecular flexibility index (Phi) is 0.866. The molecule has 0 spiro atoms. The van der Waals surface area contributed by atoms with Gasteiger partial charge in [0.1, 0.15) is 0 Å². The Bertz CT molecular complexity index is 98.7. The van der Waals surface area contributed by atoms with E-state index in [2.05, 4.69) is 6.92 Å². The fourth-order valence-corrected chi connectivity index (χ4v) is 0.941. The molecule has 2 rings (SSSR count). The van der Waals surface area contributed by atoms with Gasteiger partial charge in [-0.2, -0.15) is 0 Å². The minimum absolute atomic E-state index is 0.513. The van der Waals surface area contributed by atoms with Crippen LogP contribution in [0.25, 0.3) is 0 Å². The Morgan fingerprint density at radius 1 is 1.62 bits per heavy atom. The van der Waals surface area contributed by atoms with Gasteiger partial charge in [0.2, 0.25) is 0 Å². The lowest BCUT2D eigenvalue weighted by Gasteiger charge is -1.82. The monoisotopic (exact) mass is 114 g/mol. The van der Waals surface area contributed by atoms with E-state index in [1.165, 1.54) is 0 Å². The van der Waals surface area contributed by atoms with Gasteiger partial charge in [0, 0.05) is 6.42 Å². The van der Waals surface area contributed by atoms with Crippen molar-refractivity contribution in [3.8, 4) is 0 Å². The van der Waals surface area contributed by atoms with Crippen molar-refractivity contribution in [2.24, 2.45) is 0 Å². The van der Waals surface area contributed by atoms with Gasteiger partial charge in [-0.25, -0.2) is 0 Å². The minimum atomic E-state index is 0.513. The van der Waals surface area contributed by atoms with Crippen molar-refractivity contribution >= 4 is 0 Å². The molecule has 3 atom stereocenters. The summed E-state index contributed by atoms with van der Waals surface area (Å²) in [6, 6.07) is 0. The Hall–Kier alpha value is -0.0800. The molecule has 0 aromatic carbocycles. The van der Waals surface area contributed by atoms with Crippen molar-refractivity contribution < 1.29 is 9.47 Å². The van der Waals surface area contributed by atoms with Crippen molar-refractivity contribution in [3.63, 3.8) is 0 Å². The molecule has 2 saturated heterocycles. The zero-order valence-electron chi connectivity index (χ0n) is 4.96. The third-order valence-corrected chi connectivity index (χ3v) is 1.73. The SMILES string of the molecule is C[C@@H]1O[C@@H]1CC1CO1. The molecule has 46 valence electrons. The molecule has 1 unspecified atom stereocenters. The molecule has 0 amide bonds. The molecule has 8 heavy (non-hydrogen) atoms. The molecule has 2 aliphatic heterocycles. The van der Waals surface area contributed by atoms with Crippen LogP contribution in [0.5, 0.6) is 0 Å². The molecule has 2 nitrogen and oxygen atoms in total. The molecule has 2 aliphatic rings. The standard InChI is InChI=1S/C6H10O2/c1-4-6(8-4)2-5-3-7-5/h4-6H,2-3H2,1H3/t4-,5?,6+/m0/s1. The van der Waals surface area contributed by atoms with E-state index in [0.29, 0.717) is 18.3 Å². The summed E-state index contributed by atoms with van der Waals surface area (Å²) in [6.45, 7) is 3.07. The van der Waals surface area contributed by atoms with Crippen molar-refractivity contribution in [1.82, 2.24) is 0 Å². The lowest BCUT2D eigenvalue weighted by molar-refractivity contribution is 0.335. The van der Waals surface area contributed by atoms with E-state index in [0.717, 1.165) is 13.0 Å². The Morgan fingerprint density at radius 3 is 2.62 bits per heavy atom. The van der Waals surface area contributed by atoms with Crippen LogP contribution in [-0.4, -0.2) is 24.9 Å². The zero-order chi connectivity index (χ0) is 5.56. The highest BCUT2D eigenvalue weighted by molar-refractivity contribution is 4.86. The molecule has 0 bridgehead atoms. The maximum absolute atomic E-state index is 5.19. The normalized spacial score (nSPS) is 51.4. The summed E-state index contributed by atoms with van der Waals surface area (Å²) < 4.78 is 10.2. The van der Waals surface area contributed by atoms with Crippen molar-refractivity contribution in [2.45, 2.75) is 31.7 Å².